The van der Waals surface area contributed by atoms with Gasteiger partial charge in [-0.1, -0.05) is 13.3 Å². The first kappa shape index (κ1) is 19.1. The molecule has 148 valence electrons. The summed E-state index contributed by atoms with van der Waals surface area (Å²) in [5, 5.41) is 0.350. The van der Waals surface area contributed by atoms with Crippen molar-refractivity contribution in [1.82, 2.24) is 4.90 Å². The summed E-state index contributed by atoms with van der Waals surface area (Å²) >= 11 is 6.36. The number of hydrogen-bond donors (Lipinski definition) is 0. The highest BCUT2D eigenvalue weighted by atomic mass is 35.5. The van der Waals surface area contributed by atoms with Gasteiger partial charge in [0.25, 0.3) is 0 Å². The average molecular weight is 382 g/mol. The van der Waals surface area contributed by atoms with Gasteiger partial charge in [0, 0.05) is 17.5 Å². The topological polar surface area (TPSA) is 29.5 Å². The molecule has 0 spiro atoms. The van der Waals surface area contributed by atoms with Crippen molar-refractivity contribution >= 4 is 17.6 Å². The van der Waals surface area contributed by atoms with Crippen LogP contribution >= 0.6 is 11.6 Å². The number of hydrogen-bond acceptors (Lipinski definition) is 3. The number of carbonyl (C=O) groups excluding carboxylic acids is 1. The molecule has 2 saturated heterocycles. The van der Waals surface area contributed by atoms with E-state index in [1.165, 1.54) is 51.4 Å². The predicted molar refractivity (Wildman–Crippen MR) is 105 cm³/mol. The number of fused-ring (bicyclic) bond motifs is 2. The average Bonchev–Trinajstić information content (AvgIpc) is 2.87. The lowest BCUT2D eigenvalue weighted by Crippen LogP contribution is -2.52. The minimum absolute atomic E-state index is 0.0877. The molecule has 0 aromatic heterocycles. The zero-order valence-corrected chi connectivity index (χ0v) is 17.3. The second-order valence-electron chi connectivity index (χ2n) is 9.64. The van der Waals surface area contributed by atoms with Crippen molar-refractivity contribution in [2.45, 2.75) is 101 Å². The highest BCUT2D eigenvalue weighted by Gasteiger charge is 2.52. The van der Waals surface area contributed by atoms with E-state index in [9.17, 15) is 4.79 Å². The molecular weight excluding hydrogens is 346 g/mol. The van der Waals surface area contributed by atoms with Crippen LogP contribution in [-0.4, -0.2) is 41.5 Å². The van der Waals surface area contributed by atoms with E-state index in [1.807, 2.05) is 0 Å². The van der Waals surface area contributed by atoms with E-state index in [2.05, 4.69) is 18.9 Å². The molecule has 26 heavy (non-hydrogen) atoms. The maximum atomic E-state index is 13.4. The summed E-state index contributed by atoms with van der Waals surface area (Å²) in [4.78, 5) is 15.9. The molecule has 2 saturated carbocycles. The SMILES string of the molecule is CC1CCCCC1OC(=O)C1C2CC[C@H](C[C@@H]1C1CCC(Cl)CC1)N2C. The van der Waals surface area contributed by atoms with Gasteiger partial charge in [-0.2, -0.15) is 0 Å². The maximum absolute atomic E-state index is 13.4. The standard InChI is InChI=1S/C22H36ClNO2/c1-14-5-3-4-6-20(14)26-22(25)21-18(15-7-9-16(23)10-8-15)13-17-11-12-19(21)24(17)2/h14-21H,3-13H2,1-2H3/t14?,15?,16?,17-,18-,19?,20?,21?/m1/s1. The number of alkyl halides is 1. The van der Waals surface area contributed by atoms with Crippen LogP contribution in [0.3, 0.4) is 0 Å². The zero-order valence-electron chi connectivity index (χ0n) is 16.5. The van der Waals surface area contributed by atoms with Crippen LogP contribution in [0.25, 0.3) is 0 Å². The fourth-order valence-electron chi connectivity index (χ4n) is 6.51. The number of halogens is 1. The molecule has 4 rings (SSSR count). The van der Waals surface area contributed by atoms with Crippen LogP contribution in [-0.2, 0) is 9.53 Å². The summed E-state index contributed by atoms with van der Waals surface area (Å²) < 4.78 is 6.19. The Balaban J connectivity index is 1.50. The third-order valence-electron chi connectivity index (χ3n) is 8.19. The smallest absolute Gasteiger partial charge is 0.311 e. The van der Waals surface area contributed by atoms with Gasteiger partial charge in [-0.05, 0) is 89.0 Å². The Bertz CT molecular complexity index is 504. The van der Waals surface area contributed by atoms with E-state index < -0.39 is 0 Å². The monoisotopic (exact) mass is 381 g/mol. The molecule has 4 fully saturated rings. The largest absolute Gasteiger partial charge is 0.462 e. The predicted octanol–water partition coefficient (Wildman–Crippen LogP) is 5.00. The normalized spacial score (nSPS) is 46.9. The molecule has 2 aliphatic carbocycles. The van der Waals surface area contributed by atoms with Crippen molar-refractivity contribution in [3.8, 4) is 0 Å². The van der Waals surface area contributed by atoms with Gasteiger partial charge in [-0.3, -0.25) is 9.69 Å². The molecule has 2 bridgehead atoms. The summed E-state index contributed by atoms with van der Waals surface area (Å²) in [6, 6.07) is 1.08. The zero-order chi connectivity index (χ0) is 18.3. The van der Waals surface area contributed by atoms with E-state index in [0.29, 0.717) is 35.2 Å². The Morgan fingerprint density at radius 1 is 1.00 bits per heavy atom. The summed E-state index contributed by atoms with van der Waals surface area (Å²) in [5.41, 5.74) is 0. The van der Waals surface area contributed by atoms with Crippen molar-refractivity contribution in [2.75, 3.05) is 7.05 Å². The molecule has 3 nitrogen and oxygen atoms in total. The van der Waals surface area contributed by atoms with Crippen LogP contribution in [0.5, 0.6) is 0 Å². The van der Waals surface area contributed by atoms with Gasteiger partial charge in [0.2, 0.25) is 0 Å². The first-order chi connectivity index (χ1) is 12.5. The van der Waals surface area contributed by atoms with Crippen LogP contribution in [0.1, 0.15) is 77.6 Å². The van der Waals surface area contributed by atoms with E-state index in [-0.39, 0.29) is 18.0 Å². The molecule has 4 unspecified atom stereocenters. The number of rotatable bonds is 3. The summed E-state index contributed by atoms with van der Waals surface area (Å²) in [6.45, 7) is 2.26. The second kappa shape index (κ2) is 7.99. The minimum Gasteiger partial charge on any atom is -0.462 e. The Kier molecular flexibility index (Phi) is 5.86. The molecule has 4 heteroatoms. The van der Waals surface area contributed by atoms with E-state index >= 15 is 0 Å². The Labute approximate surface area is 164 Å². The molecule has 0 radical (unpaired) electrons. The summed E-state index contributed by atoms with van der Waals surface area (Å²) in [6.07, 6.45) is 13.2. The van der Waals surface area contributed by atoms with Crippen molar-refractivity contribution in [2.24, 2.45) is 23.7 Å². The molecule has 0 aromatic rings. The lowest BCUT2D eigenvalue weighted by Gasteiger charge is -2.46. The molecule has 0 N–H and O–H groups in total. The Morgan fingerprint density at radius 2 is 1.73 bits per heavy atom. The molecule has 2 aliphatic heterocycles. The lowest BCUT2D eigenvalue weighted by molar-refractivity contribution is -0.167. The molecule has 6 atom stereocenters. The van der Waals surface area contributed by atoms with E-state index in [1.54, 1.807) is 0 Å². The third kappa shape index (κ3) is 3.68. The number of esters is 1. The van der Waals surface area contributed by atoms with Gasteiger partial charge in [0.15, 0.2) is 0 Å². The number of ether oxygens (including phenoxy) is 1. The highest BCUT2D eigenvalue weighted by molar-refractivity contribution is 6.20. The van der Waals surface area contributed by atoms with Crippen LogP contribution in [0, 0.1) is 23.7 Å². The summed E-state index contributed by atoms with van der Waals surface area (Å²) in [7, 11) is 2.23. The van der Waals surface area contributed by atoms with Crippen LogP contribution < -0.4 is 0 Å². The molecule has 4 aliphatic rings. The highest BCUT2D eigenvalue weighted by Crippen LogP contribution is 2.48. The van der Waals surface area contributed by atoms with Crippen molar-refractivity contribution in [3.63, 3.8) is 0 Å². The molecule has 0 amide bonds. The van der Waals surface area contributed by atoms with Gasteiger partial charge >= 0.3 is 5.97 Å². The quantitative estimate of drug-likeness (QED) is 0.508. The van der Waals surface area contributed by atoms with Gasteiger partial charge in [0.05, 0.1) is 5.92 Å². The molecule has 2 heterocycles. The van der Waals surface area contributed by atoms with Crippen molar-refractivity contribution in [1.29, 1.82) is 0 Å². The number of carbonyl (C=O) groups is 1. The van der Waals surface area contributed by atoms with Crippen LogP contribution in [0.15, 0.2) is 0 Å². The second-order valence-corrected chi connectivity index (χ2v) is 10.3. The lowest BCUT2D eigenvalue weighted by atomic mass is 9.68. The first-order valence-corrected chi connectivity index (χ1v) is 11.5. The van der Waals surface area contributed by atoms with E-state index in [0.717, 1.165) is 19.3 Å². The van der Waals surface area contributed by atoms with Gasteiger partial charge in [0.1, 0.15) is 6.10 Å². The van der Waals surface area contributed by atoms with Crippen LogP contribution in [0.2, 0.25) is 0 Å². The number of nitrogens with zero attached hydrogens (tertiary/aromatic N) is 1. The Hall–Kier alpha value is -0.280. The van der Waals surface area contributed by atoms with Gasteiger partial charge < -0.3 is 4.74 Å². The number of piperidine rings is 1. The maximum Gasteiger partial charge on any atom is 0.311 e. The minimum atomic E-state index is 0.0877. The van der Waals surface area contributed by atoms with Crippen molar-refractivity contribution < 1.29 is 9.53 Å². The fraction of sp³-hybridized carbons (Fsp3) is 0.955. The fourth-order valence-corrected chi connectivity index (χ4v) is 6.77. The third-order valence-corrected chi connectivity index (χ3v) is 8.63. The first-order valence-electron chi connectivity index (χ1n) is 11.1. The van der Waals surface area contributed by atoms with E-state index in [4.69, 9.17) is 16.3 Å². The Morgan fingerprint density at radius 3 is 2.46 bits per heavy atom. The van der Waals surface area contributed by atoms with Crippen molar-refractivity contribution in [3.05, 3.63) is 0 Å². The summed E-state index contributed by atoms with van der Waals surface area (Å²) in [5.74, 6) is 1.92. The van der Waals surface area contributed by atoms with Gasteiger partial charge in [-0.25, -0.2) is 0 Å². The van der Waals surface area contributed by atoms with Crippen LogP contribution in [0.4, 0.5) is 0 Å². The molecular formula is C22H36ClNO2. The van der Waals surface area contributed by atoms with Gasteiger partial charge in [-0.15, -0.1) is 11.6 Å². The molecule has 0 aromatic carbocycles.